The molecule has 0 atom stereocenters. The standard InChI is InChI=1S/C15H11BrN2O3/c1-21-13-7-9(3-5-12(13)17)18-14(19)10-4-2-8(16)6-11(10)15(18)20/h2-7H,17H2,1H3. The number of nitrogen functional groups attached to an aromatic ring is 1. The SMILES string of the molecule is COc1cc(N2C(=O)c3ccc(Br)cc3C2=O)ccc1N. The average Bonchev–Trinajstić information content (AvgIpc) is 2.71. The molecule has 2 N–H and O–H groups in total. The van der Waals surface area contributed by atoms with Crippen LogP contribution in [0.2, 0.25) is 0 Å². The van der Waals surface area contributed by atoms with Gasteiger partial charge in [-0.25, -0.2) is 4.90 Å². The normalized spacial score (nSPS) is 13.5. The van der Waals surface area contributed by atoms with Gasteiger partial charge in [0.1, 0.15) is 5.75 Å². The minimum Gasteiger partial charge on any atom is -0.495 e. The van der Waals surface area contributed by atoms with Gasteiger partial charge in [-0.3, -0.25) is 9.59 Å². The average molecular weight is 347 g/mol. The quantitative estimate of drug-likeness (QED) is 0.670. The van der Waals surface area contributed by atoms with Crippen molar-refractivity contribution in [2.24, 2.45) is 0 Å². The third-order valence-electron chi connectivity index (χ3n) is 3.32. The number of amides is 2. The van der Waals surface area contributed by atoms with Crippen molar-refractivity contribution in [3.8, 4) is 5.75 Å². The first-order chi connectivity index (χ1) is 10.0. The van der Waals surface area contributed by atoms with E-state index in [1.807, 2.05) is 0 Å². The fourth-order valence-corrected chi connectivity index (χ4v) is 2.65. The Morgan fingerprint density at radius 2 is 1.76 bits per heavy atom. The molecule has 0 saturated carbocycles. The summed E-state index contributed by atoms with van der Waals surface area (Å²) in [6, 6.07) is 9.81. The topological polar surface area (TPSA) is 72.6 Å². The molecule has 0 radical (unpaired) electrons. The minimum atomic E-state index is -0.358. The lowest BCUT2D eigenvalue weighted by molar-refractivity contribution is 0.0926. The molecular weight excluding hydrogens is 336 g/mol. The number of fused-ring (bicyclic) bond motifs is 1. The van der Waals surface area contributed by atoms with Crippen molar-refractivity contribution in [3.63, 3.8) is 0 Å². The predicted molar refractivity (Wildman–Crippen MR) is 82.7 cm³/mol. The van der Waals surface area contributed by atoms with E-state index in [1.54, 1.807) is 36.4 Å². The summed E-state index contributed by atoms with van der Waals surface area (Å²) in [5.41, 5.74) is 7.40. The number of carbonyl (C=O) groups excluding carboxylic acids is 2. The smallest absolute Gasteiger partial charge is 0.266 e. The van der Waals surface area contributed by atoms with Crippen molar-refractivity contribution >= 4 is 39.1 Å². The zero-order valence-electron chi connectivity index (χ0n) is 11.1. The maximum Gasteiger partial charge on any atom is 0.266 e. The van der Waals surface area contributed by atoms with Crippen LogP contribution in [0.15, 0.2) is 40.9 Å². The van der Waals surface area contributed by atoms with Crippen LogP contribution >= 0.6 is 15.9 Å². The Hall–Kier alpha value is -2.34. The molecule has 0 bridgehead atoms. The summed E-state index contributed by atoms with van der Waals surface area (Å²) in [6.07, 6.45) is 0. The van der Waals surface area contributed by atoms with Crippen molar-refractivity contribution in [1.82, 2.24) is 0 Å². The zero-order chi connectivity index (χ0) is 15.1. The molecule has 6 heteroatoms. The predicted octanol–water partition coefficient (Wildman–Crippen LogP) is 2.84. The van der Waals surface area contributed by atoms with E-state index >= 15 is 0 Å². The molecule has 5 nitrogen and oxygen atoms in total. The van der Waals surface area contributed by atoms with E-state index in [0.29, 0.717) is 28.3 Å². The lowest BCUT2D eigenvalue weighted by atomic mass is 10.1. The number of rotatable bonds is 2. The van der Waals surface area contributed by atoms with E-state index in [0.717, 1.165) is 9.37 Å². The summed E-state index contributed by atoms with van der Waals surface area (Å²) < 4.78 is 5.88. The van der Waals surface area contributed by atoms with Crippen LogP contribution < -0.4 is 15.4 Å². The van der Waals surface area contributed by atoms with Crippen molar-refractivity contribution in [2.45, 2.75) is 0 Å². The van der Waals surface area contributed by atoms with Crippen molar-refractivity contribution in [3.05, 3.63) is 52.0 Å². The number of imide groups is 1. The molecule has 2 amide bonds. The Morgan fingerprint density at radius 1 is 1.05 bits per heavy atom. The number of benzene rings is 2. The number of nitrogens with zero attached hydrogens (tertiary/aromatic N) is 1. The largest absolute Gasteiger partial charge is 0.495 e. The van der Waals surface area contributed by atoms with Crippen molar-refractivity contribution < 1.29 is 14.3 Å². The third kappa shape index (κ3) is 2.08. The van der Waals surface area contributed by atoms with Gasteiger partial charge in [0.25, 0.3) is 11.8 Å². The first-order valence-corrected chi connectivity index (χ1v) is 6.94. The maximum absolute atomic E-state index is 12.5. The molecule has 0 saturated heterocycles. The van der Waals surface area contributed by atoms with Crippen molar-refractivity contribution in [1.29, 1.82) is 0 Å². The monoisotopic (exact) mass is 346 g/mol. The Morgan fingerprint density at radius 3 is 2.48 bits per heavy atom. The molecule has 0 aromatic heterocycles. The van der Waals surface area contributed by atoms with Gasteiger partial charge in [0.2, 0.25) is 0 Å². The highest BCUT2D eigenvalue weighted by atomic mass is 79.9. The molecule has 1 aliphatic rings. The number of hydrogen-bond donors (Lipinski definition) is 1. The molecule has 3 rings (SSSR count). The lowest BCUT2D eigenvalue weighted by Gasteiger charge is -2.15. The first kappa shape index (κ1) is 13.6. The maximum atomic E-state index is 12.5. The second kappa shape index (κ2) is 4.89. The summed E-state index contributed by atoms with van der Waals surface area (Å²) in [7, 11) is 1.48. The molecule has 0 spiro atoms. The number of methoxy groups -OCH3 is 1. The highest BCUT2D eigenvalue weighted by Gasteiger charge is 2.36. The molecule has 1 aliphatic heterocycles. The van der Waals surface area contributed by atoms with Gasteiger partial charge in [-0.15, -0.1) is 0 Å². The van der Waals surface area contributed by atoms with Crippen LogP contribution in [-0.2, 0) is 0 Å². The van der Waals surface area contributed by atoms with E-state index in [-0.39, 0.29) is 11.8 Å². The Kier molecular flexibility index (Phi) is 3.17. The number of carbonyl (C=O) groups is 2. The van der Waals surface area contributed by atoms with E-state index in [1.165, 1.54) is 7.11 Å². The summed E-state index contributed by atoms with van der Waals surface area (Å²) in [5, 5.41) is 0. The van der Waals surface area contributed by atoms with Crippen LogP contribution in [-0.4, -0.2) is 18.9 Å². The second-order valence-electron chi connectivity index (χ2n) is 4.56. The first-order valence-electron chi connectivity index (χ1n) is 6.15. The Bertz CT molecular complexity index is 774. The van der Waals surface area contributed by atoms with Crippen LogP contribution in [0.1, 0.15) is 20.7 Å². The summed E-state index contributed by atoms with van der Waals surface area (Å²) in [4.78, 5) is 26.0. The Balaban J connectivity index is 2.09. The molecule has 21 heavy (non-hydrogen) atoms. The van der Waals surface area contributed by atoms with Crippen molar-refractivity contribution in [2.75, 3.05) is 17.7 Å². The van der Waals surface area contributed by atoms with Crippen LogP contribution in [0.3, 0.4) is 0 Å². The highest BCUT2D eigenvalue weighted by molar-refractivity contribution is 9.10. The lowest BCUT2D eigenvalue weighted by Crippen LogP contribution is -2.29. The number of halogens is 1. The van der Waals surface area contributed by atoms with E-state index in [9.17, 15) is 9.59 Å². The van der Waals surface area contributed by atoms with E-state index in [4.69, 9.17) is 10.5 Å². The van der Waals surface area contributed by atoms with Gasteiger partial charge in [-0.1, -0.05) is 15.9 Å². The second-order valence-corrected chi connectivity index (χ2v) is 5.48. The number of anilines is 2. The number of nitrogens with two attached hydrogens (primary N) is 1. The van der Waals surface area contributed by atoms with Crippen LogP contribution in [0.5, 0.6) is 5.75 Å². The minimum absolute atomic E-state index is 0.352. The van der Waals surface area contributed by atoms with Gasteiger partial charge in [0.05, 0.1) is 29.6 Å². The zero-order valence-corrected chi connectivity index (χ0v) is 12.7. The van der Waals surface area contributed by atoms with E-state index in [2.05, 4.69) is 15.9 Å². The summed E-state index contributed by atoms with van der Waals surface area (Å²) in [5.74, 6) is -0.289. The van der Waals surface area contributed by atoms with Gasteiger partial charge in [0, 0.05) is 10.5 Å². The molecule has 0 aliphatic carbocycles. The Labute approximate surface area is 129 Å². The molecule has 0 fully saturated rings. The van der Waals surface area contributed by atoms with Gasteiger partial charge >= 0.3 is 0 Å². The molecule has 106 valence electrons. The molecule has 2 aromatic rings. The van der Waals surface area contributed by atoms with Gasteiger partial charge in [-0.2, -0.15) is 0 Å². The van der Waals surface area contributed by atoms with Gasteiger partial charge < -0.3 is 10.5 Å². The van der Waals surface area contributed by atoms with Crippen LogP contribution in [0.4, 0.5) is 11.4 Å². The van der Waals surface area contributed by atoms with Gasteiger partial charge in [-0.05, 0) is 30.3 Å². The summed E-state index contributed by atoms with van der Waals surface area (Å²) in [6.45, 7) is 0. The summed E-state index contributed by atoms with van der Waals surface area (Å²) >= 11 is 3.30. The highest BCUT2D eigenvalue weighted by Crippen LogP contribution is 2.33. The third-order valence-corrected chi connectivity index (χ3v) is 3.82. The van der Waals surface area contributed by atoms with E-state index < -0.39 is 0 Å². The molecule has 0 unspecified atom stereocenters. The number of ether oxygens (including phenoxy) is 1. The fourth-order valence-electron chi connectivity index (χ4n) is 2.29. The number of hydrogen-bond acceptors (Lipinski definition) is 4. The van der Waals surface area contributed by atoms with Crippen LogP contribution in [0, 0.1) is 0 Å². The molecule has 1 heterocycles. The fraction of sp³-hybridized carbons (Fsp3) is 0.0667. The molecular formula is C15H11BrN2O3. The van der Waals surface area contributed by atoms with Crippen LogP contribution in [0.25, 0.3) is 0 Å². The molecule has 2 aromatic carbocycles. The van der Waals surface area contributed by atoms with Gasteiger partial charge in [0.15, 0.2) is 0 Å².